The van der Waals surface area contributed by atoms with E-state index in [9.17, 15) is 4.79 Å². The third-order valence-corrected chi connectivity index (χ3v) is 5.43. The lowest BCUT2D eigenvalue weighted by molar-refractivity contribution is 0.0953. The molecule has 138 valence electrons. The highest BCUT2D eigenvalue weighted by Gasteiger charge is 2.31. The molecule has 4 nitrogen and oxygen atoms in total. The maximum Gasteiger partial charge on any atom is 0.168 e. The molecule has 0 spiro atoms. The quantitative estimate of drug-likeness (QED) is 0.639. The van der Waals surface area contributed by atoms with E-state index in [0.717, 1.165) is 23.5 Å². The smallest absolute Gasteiger partial charge is 0.168 e. The predicted octanol–water partition coefficient (Wildman–Crippen LogP) is 5.65. The molecule has 2 aromatic carbocycles. The van der Waals surface area contributed by atoms with E-state index >= 15 is 0 Å². The van der Waals surface area contributed by atoms with Gasteiger partial charge in [0.15, 0.2) is 11.6 Å². The van der Waals surface area contributed by atoms with Crippen LogP contribution in [0.4, 0.5) is 11.5 Å². The van der Waals surface area contributed by atoms with Gasteiger partial charge in [0.1, 0.15) is 0 Å². The number of Topliss-reactive ketones (excluding diaryl/α,β-unsaturated/α-hetero) is 1. The van der Waals surface area contributed by atoms with Gasteiger partial charge in [-0.2, -0.15) is 0 Å². The third-order valence-electron chi connectivity index (χ3n) is 5.18. The van der Waals surface area contributed by atoms with Crippen LogP contribution in [0.15, 0.2) is 42.5 Å². The van der Waals surface area contributed by atoms with Crippen molar-refractivity contribution in [1.29, 1.82) is 0 Å². The summed E-state index contributed by atoms with van der Waals surface area (Å²) in [6.45, 7) is 6.27. The molecule has 1 aromatic heterocycles. The van der Waals surface area contributed by atoms with Gasteiger partial charge in [-0.25, -0.2) is 4.68 Å². The number of halogens is 1. The Morgan fingerprint density at radius 2 is 1.81 bits per heavy atom. The Bertz CT molecular complexity index is 1020. The van der Waals surface area contributed by atoms with Crippen LogP contribution in [0.25, 0.3) is 5.69 Å². The fourth-order valence-corrected chi connectivity index (χ4v) is 3.72. The molecule has 0 radical (unpaired) electrons. The van der Waals surface area contributed by atoms with E-state index in [1.165, 1.54) is 11.1 Å². The Labute approximate surface area is 164 Å². The van der Waals surface area contributed by atoms with Crippen LogP contribution in [0, 0.1) is 19.8 Å². The number of anilines is 2. The number of aryl methyl sites for hydroxylation is 2. The van der Waals surface area contributed by atoms with Gasteiger partial charge >= 0.3 is 0 Å². The second-order valence-electron chi connectivity index (χ2n) is 7.42. The molecule has 0 aliphatic heterocycles. The monoisotopic (exact) mass is 379 g/mol. The summed E-state index contributed by atoms with van der Waals surface area (Å²) in [5.41, 5.74) is 5.96. The normalized spacial score (nSPS) is 16.3. The number of benzene rings is 2. The van der Waals surface area contributed by atoms with Crippen LogP contribution in [-0.4, -0.2) is 15.6 Å². The summed E-state index contributed by atoms with van der Waals surface area (Å²) in [4.78, 5) is 12.8. The van der Waals surface area contributed by atoms with Gasteiger partial charge in [-0.05, 0) is 73.7 Å². The number of nitrogens with one attached hydrogen (secondary N) is 1. The summed E-state index contributed by atoms with van der Waals surface area (Å²) in [7, 11) is 0. The fraction of sp³-hybridized carbons (Fsp3) is 0.273. The molecule has 0 saturated heterocycles. The highest BCUT2D eigenvalue weighted by atomic mass is 35.5. The van der Waals surface area contributed by atoms with Gasteiger partial charge in [-0.15, -0.1) is 5.10 Å². The number of aromatic nitrogens is 2. The predicted molar refractivity (Wildman–Crippen MR) is 110 cm³/mol. The van der Waals surface area contributed by atoms with Crippen LogP contribution in [0.1, 0.15) is 40.5 Å². The molecule has 0 fully saturated rings. The van der Waals surface area contributed by atoms with Crippen molar-refractivity contribution in [3.05, 3.63) is 69.9 Å². The minimum atomic E-state index is 0.148. The van der Waals surface area contributed by atoms with Gasteiger partial charge in [-0.1, -0.05) is 24.6 Å². The van der Waals surface area contributed by atoms with Gasteiger partial charge in [0.2, 0.25) is 0 Å². The number of fused-ring (bicyclic) bond motifs is 1. The Morgan fingerprint density at radius 3 is 2.52 bits per heavy atom. The molecule has 5 heteroatoms. The Morgan fingerprint density at radius 1 is 1.07 bits per heavy atom. The van der Waals surface area contributed by atoms with Crippen molar-refractivity contribution in [3.63, 3.8) is 0 Å². The number of carbonyl (C=O) groups excluding carboxylic acids is 1. The lowest BCUT2D eigenvalue weighted by atomic mass is 9.87. The maximum absolute atomic E-state index is 12.8. The van der Waals surface area contributed by atoms with E-state index in [1.54, 1.807) is 0 Å². The first kappa shape index (κ1) is 17.8. The number of nitrogens with zero attached hydrogens (tertiary/aromatic N) is 2. The van der Waals surface area contributed by atoms with Crippen molar-refractivity contribution in [2.24, 2.45) is 5.92 Å². The summed E-state index contributed by atoms with van der Waals surface area (Å²) < 4.78 is 1.88. The van der Waals surface area contributed by atoms with E-state index in [1.807, 2.05) is 35.0 Å². The van der Waals surface area contributed by atoms with Gasteiger partial charge < -0.3 is 5.32 Å². The SMILES string of the molecule is Cc1ccc(Nc2nn(-c3ccc(Cl)cc3)c3c2C(=O)CC(C)C3)cc1C. The summed E-state index contributed by atoms with van der Waals surface area (Å²) in [5.74, 6) is 1.08. The minimum absolute atomic E-state index is 0.148. The summed E-state index contributed by atoms with van der Waals surface area (Å²) >= 11 is 6.03. The van der Waals surface area contributed by atoms with Crippen molar-refractivity contribution in [1.82, 2.24) is 9.78 Å². The van der Waals surface area contributed by atoms with E-state index < -0.39 is 0 Å². The number of ketones is 1. The highest BCUT2D eigenvalue weighted by Crippen LogP contribution is 2.34. The number of hydrogen-bond acceptors (Lipinski definition) is 3. The van der Waals surface area contributed by atoms with Gasteiger partial charge in [0.05, 0.1) is 16.9 Å². The topological polar surface area (TPSA) is 46.9 Å². The third kappa shape index (κ3) is 3.37. The molecule has 1 unspecified atom stereocenters. The molecule has 1 heterocycles. The van der Waals surface area contributed by atoms with Gasteiger partial charge in [-0.3, -0.25) is 4.79 Å². The van der Waals surface area contributed by atoms with Crippen LogP contribution in [0.3, 0.4) is 0 Å². The molecular formula is C22H22ClN3O. The van der Waals surface area contributed by atoms with Crippen LogP contribution < -0.4 is 5.32 Å². The summed E-state index contributed by atoms with van der Waals surface area (Å²) in [6.07, 6.45) is 1.38. The standard InChI is InChI=1S/C22H22ClN3O/c1-13-10-19-21(20(27)11-13)22(24-17-7-4-14(2)15(3)12-17)25-26(19)18-8-5-16(23)6-9-18/h4-9,12-13H,10-11H2,1-3H3,(H,24,25). The molecule has 1 N–H and O–H groups in total. The van der Waals surface area contributed by atoms with E-state index in [0.29, 0.717) is 28.7 Å². The first-order chi connectivity index (χ1) is 12.9. The lowest BCUT2D eigenvalue weighted by Crippen LogP contribution is -2.19. The molecule has 0 bridgehead atoms. The van der Waals surface area contributed by atoms with Crippen molar-refractivity contribution in [3.8, 4) is 5.69 Å². The van der Waals surface area contributed by atoms with Crippen LogP contribution in [0.5, 0.6) is 0 Å². The lowest BCUT2D eigenvalue weighted by Gasteiger charge is -2.19. The molecule has 3 aromatic rings. The van der Waals surface area contributed by atoms with Crippen LogP contribution >= 0.6 is 11.6 Å². The molecule has 1 aliphatic carbocycles. The molecular weight excluding hydrogens is 358 g/mol. The van der Waals surface area contributed by atoms with E-state index in [4.69, 9.17) is 16.7 Å². The largest absolute Gasteiger partial charge is 0.338 e. The summed E-state index contributed by atoms with van der Waals surface area (Å²) in [6, 6.07) is 13.7. The molecule has 1 atom stereocenters. The first-order valence-corrected chi connectivity index (χ1v) is 9.55. The zero-order valence-corrected chi connectivity index (χ0v) is 16.5. The van der Waals surface area contributed by atoms with Gasteiger partial charge in [0.25, 0.3) is 0 Å². The van der Waals surface area contributed by atoms with Crippen LogP contribution in [0.2, 0.25) is 5.02 Å². The summed E-state index contributed by atoms with van der Waals surface area (Å²) in [5, 5.41) is 8.81. The Kier molecular flexibility index (Phi) is 4.52. The van der Waals surface area contributed by atoms with Gasteiger partial charge in [0, 0.05) is 17.1 Å². The van der Waals surface area contributed by atoms with Crippen molar-refractivity contribution in [2.75, 3.05) is 5.32 Å². The van der Waals surface area contributed by atoms with Crippen LogP contribution in [-0.2, 0) is 6.42 Å². The maximum atomic E-state index is 12.8. The molecule has 0 amide bonds. The average molecular weight is 380 g/mol. The number of hydrogen-bond donors (Lipinski definition) is 1. The van der Waals surface area contributed by atoms with Crippen molar-refractivity contribution in [2.45, 2.75) is 33.6 Å². The second kappa shape index (κ2) is 6.86. The molecule has 1 aliphatic rings. The molecule has 27 heavy (non-hydrogen) atoms. The minimum Gasteiger partial charge on any atom is -0.338 e. The molecule has 0 saturated carbocycles. The zero-order valence-electron chi connectivity index (χ0n) is 15.7. The first-order valence-electron chi connectivity index (χ1n) is 9.17. The average Bonchev–Trinajstić information content (AvgIpc) is 2.97. The Balaban J connectivity index is 1.82. The van der Waals surface area contributed by atoms with E-state index in [2.05, 4.69) is 38.2 Å². The molecule has 4 rings (SSSR count). The number of rotatable bonds is 3. The second-order valence-corrected chi connectivity index (χ2v) is 7.86. The fourth-order valence-electron chi connectivity index (χ4n) is 3.59. The zero-order chi connectivity index (χ0) is 19.1. The van der Waals surface area contributed by atoms with E-state index in [-0.39, 0.29) is 5.78 Å². The highest BCUT2D eigenvalue weighted by molar-refractivity contribution is 6.30. The number of carbonyl (C=O) groups is 1. The van der Waals surface area contributed by atoms with Crippen molar-refractivity contribution < 1.29 is 4.79 Å². The van der Waals surface area contributed by atoms with Crippen molar-refractivity contribution >= 4 is 28.9 Å². The Hall–Kier alpha value is -2.59.